The van der Waals surface area contributed by atoms with Gasteiger partial charge in [-0.05, 0) is 30.3 Å². The highest BCUT2D eigenvalue weighted by Crippen LogP contribution is 2.19. The Bertz CT molecular complexity index is 754. The third-order valence-electron chi connectivity index (χ3n) is 2.63. The third-order valence-corrected chi connectivity index (χ3v) is 3.18. The highest BCUT2D eigenvalue weighted by atomic mass is 35.5. The Balaban J connectivity index is 2.07. The van der Waals surface area contributed by atoms with Crippen LogP contribution in [0.2, 0.25) is 10.0 Å². The van der Waals surface area contributed by atoms with Crippen molar-refractivity contribution in [2.24, 2.45) is 0 Å². The van der Waals surface area contributed by atoms with Crippen LogP contribution in [0.25, 0.3) is 0 Å². The first-order chi connectivity index (χ1) is 10.4. The lowest BCUT2D eigenvalue weighted by Crippen LogP contribution is -2.41. The Morgan fingerprint density at radius 3 is 2.23 bits per heavy atom. The summed E-state index contributed by atoms with van der Waals surface area (Å²) in [5, 5.41) is 0.0658. The van der Waals surface area contributed by atoms with E-state index in [1.807, 2.05) is 5.43 Å². The van der Waals surface area contributed by atoms with E-state index in [2.05, 4.69) is 5.43 Å². The first kappa shape index (κ1) is 16.2. The number of amides is 2. The first-order valence-corrected chi connectivity index (χ1v) is 6.65. The predicted molar refractivity (Wildman–Crippen MR) is 77.8 cm³/mol. The van der Waals surface area contributed by atoms with E-state index in [1.165, 1.54) is 12.1 Å². The second-order valence-corrected chi connectivity index (χ2v) is 5.01. The summed E-state index contributed by atoms with van der Waals surface area (Å²) in [6.07, 6.45) is 0. The molecule has 0 saturated heterocycles. The van der Waals surface area contributed by atoms with Gasteiger partial charge in [0, 0.05) is 10.6 Å². The summed E-state index contributed by atoms with van der Waals surface area (Å²) in [6, 6.07) is 7.33. The van der Waals surface area contributed by atoms with Crippen molar-refractivity contribution in [1.29, 1.82) is 0 Å². The monoisotopic (exact) mass is 344 g/mol. The quantitative estimate of drug-likeness (QED) is 0.648. The molecule has 0 saturated carbocycles. The maximum atomic E-state index is 13.1. The number of rotatable bonds is 2. The zero-order chi connectivity index (χ0) is 16.3. The number of hydrogen-bond acceptors (Lipinski definition) is 2. The molecule has 0 aromatic heterocycles. The zero-order valence-electron chi connectivity index (χ0n) is 10.8. The summed E-state index contributed by atoms with van der Waals surface area (Å²) in [5.74, 6) is -3.92. The summed E-state index contributed by atoms with van der Waals surface area (Å²) >= 11 is 11.4. The summed E-state index contributed by atoms with van der Waals surface area (Å²) in [5.41, 5.74) is 4.06. The smallest absolute Gasteiger partial charge is 0.267 e. The van der Waals surface area contributed by atoms with Crippen molar-refractivity contribution in [3.05, 3.63) is 69.2 Å². The number of halogens is 4. The van der Waals surface area contributed by atoms with Gasteiger partial charge < -0.3 is 0 Å². The van der Waals surface area contributed by atoms with E-state index in [4.69, 9.17) is 23.2 Å². The minimum Gasteiger partial charge on any atom is -0.267 e. The van der Waals surface area contributed by atoms with Gasteiger partial charge in [-0.2, -0.15) is 0 Å². The summed E-state index contributed by atoms with van der Waals surface area (Å²) in [6.45, 7) is 0. The molecule has 0 radical (unpaired) electrons. The molecule has 0 atom stereocenters. The lowest BCUT2D eigenvalue weighted by Gasteiger charge is -2.09. The molecule has 2 aromatic carbocycles. The number of hydrazine groups is 1. The second-order valence-electron chi connectivity index (χ2n) is 4.16. The van der Waals surface area contributed by atoms with Crippen LogP contribution in [0.15, 0.2) is 36.4 Å². The minimum absolute atomic E-state index is 0.212. The standard InChI is InChI=1S/C14H8Cl2F2N2O2/c15-8-3-1-2-7(4-8)13(21)19-20-14(22)9-5-11(17)12(18)6-10(9)16/h1-6H,(H,19,21)(H,20,22). The zero-order valence-corrected chi connectivity index (χ0v) is 12.3. The Kier molecular flexibility index (Phi) is 4.95. The van der Waals surface area contributed by atoms with Crippen LogP contribution in [-0.4, -0.2) is 11.8 Å². The number of carbonyl (C=O) groups is 2. The number of nitrogens with one attached hydrogen (secondary N) is 2. The fourth-order valence-electron chi connectivity index (χ4n) is 1.58. The van der Waals surface area contributed by atoms with Crippen LogP contribution in [0, 0.1) is 11.6 Å². The largest absolute Gasteiger partial charge is 0.271 e. The van der Waals surface area contributed by atoms with E-state index in [9.17, 15) is 18.4 Å². The molecule has 2 rings (SSSR count). The molecule has 0 aliphatic carbocycles. The van der Waals surface area contributed by atoms with E-state index in [1.54, 1.807) is 12.1 Å². The average molecular weight is 345 g/mol. The van der Waals surface area contributed by atoms with Crippen molar-refractivity contribution in [3.63, 3.8) is 0 Å². The number of carbonyl (C=O) groups excluding carboxylic acids is 2. The predicted octanol–water partition coefficient (Wildman–Crippen LogP) is 3.35. The van der Waals surface area contributed by atoms with E-state index in [0.717, 1.165) is 0 Å². The Hall–Kier alpha value is -2.18. The maximum Gasteiger partial charge on any atom is 0.271 e. The highest BCUT2D eigenvalue weighted by molar-refractivity contribution is 6.33. The van der Waals surface area contributed by atoms with Crippen molar-refractivity contribution >= 4 is 35.0 Å². The summed E-state index contributed by atoms with van der Waals surface area (Å²) in [7, 11) is 0. The summed E-state index contributed by atoms with van der Waals surface area (Å²) < 4.78 is 26.0. The van der Waals surface area contributed by atoms with E-state index >= 15 is 0 Å². The Morgan fingerprint density at radius 2 is 1.55 bits per heavy atom. The van der Waals surface area contributed by atoms with Gasteiger partial charge in [0.1, 0.15) is 0 Å². The first-order valence-electron chi connectivity index (χ1n) is 5.89. The van der Waals surface area contributed by atoms with Gasteiger partial charge in [-0.15, -0.1) is 0 Å². The molecular formula is C14H8Cl2F2N2O2. The molecule has 0 bridgehead atoms. The molecule has 0 aliphatic rings. The van der Waals surface area contributed by atoms with Crippen LogP contribution in [-0.2, 0) is 0 Å². The highest BCUT2D eigenvalue weighted by Gasteiger charge is 2.16. The molecule has 0 aliphatic heterocycles. The topological polar surface area (TPSA) is 58.2 Å². The van der Waals surface area contributed by atoms with Gasteiger partial charge in [-0.3, -0.25) is 20.4 Å². The van der Waals surface area contributed by atoms with Crippen LogP contribution in [0.1, 0.15) is 20.7 Å². The molecule has 0 fully saturated rings. The molecule has 0 heterocycles. The second kappa shape index (κ2) is 6.72. The van der Waals surface area contributed by atoms with Crippen molar-refractivity contribution in [2.45, 2.75) is 0 Å². The van der Waals surface area contributed by atoms with Gasteiger partial charge >= 0.3 is 0 Å². The molecule has 8 heteroatoms. The molecule has 2 aromatic rings. The van der Waals surface area contributed by atoms with Gasteiger partial charge in [-0.25, -0.2) is 8.78 Å². The molecular weight excluding hydrogens is 337 g/mol. The number of benzene rings is 2. The molecule has 0 unspecified atom stereocenters. The Morgan fingerprint density at radius 1 is 0.909 bits per heavy atom. The Labute approximate surface area is 134 Å². The van der Waals surface area contributed by atoms with Crippen molar-refractivity contribution in [1.82, 2.24) is 10.9 Å². The van der Waals surface area contributed by atoms with E-state index < -0.39 is 23.4 Å². The van der Waals surface area contributed by atoms with Crippen molar-refractivity contribution < 1.29 is 18.4 Å². The van der Waals surface area contributed by atoms with Crippen LogP contribution in [0.5, 0.6) is 0 Å². The van der Waals surface area contributed by atoms with E-state index in [-0.39, 0.29) is 16.1 Å². The molecule has 2 N–H and O–H groups in total. The van der Waals surface area contributed by atoms with Crippen LogP contribution in [0.4, 0.5) is 8.78 Å². The van der Waals surface area contributed by atoms with Crippen molar-refractivity contribution in [3.8, 4) is 0 Å². The van der Waals surface area contributed by atoms with Crippen LogP contribution >= 0.6 is 23.2 Å². The van der Waals surface area contributed by atoms with Crippen molar-refractivity contribution in [2.75, 3.05) is 0 Å². The van der Waals surface area contributed by atoms with Gasteiger partial charge in [0.15, 0.2) is 11.6 Å². The third kappa shape index (κ3) is 3.72. The lowest BCUT2D eigenvalue weighted by atomic mass is 10.2. The van der Waals surface area contributed by atoms with Crippen LogP contribution < -0.4 is 10.9 Å². The van der Waals surface area contributed by atoms with Gasteiger partial charge in [-0.1, -0.05) is 29.3 Å². The minimum atomic E-state index is -1.23. The fourth-order valence-corrected chi connectivity index (χ4v) is 2.01. The maximum absolute atomic E-state index is 13.1. The van der Waals surface area contributed by atoms with Gasteiger partial charge in [0.05, 0.1) is 10.6 Å². The molecule has 4 nitrogen and oxygen atoms in total. The molecule has 0 spiro atoms. The normalized spacial score (nSPS) is 10.2. The lowest BCUT2D eigenvalue weighted by molar-refractivity contribution is 0.0846. The van der Waals surface area contributed by atoms with Gasteiger partial charge in [0.25, 0.3) is 11.8 Å². The average Bonchev–Trinajstić information content (AvgIpc) is 2.48. The van der Waals surface area contributed by atoms with Crippen LogP contribution in [0.3, 0.4) is 0 Å². The molecule has 114 valence electrons. The molecule has 2 amide bonds. The number of hydrogen-bond donors (Lipinski definition) is 2. The van der Waals surface area contributed by atoms with E-state index in [0.29, 0.717) is 17.2 Å². The fraction of sp³-hybridized carbons (Fsp3) is 0. The summed E-state index contributed by atoms with van der Waals surface area (Å²) in [4.78, 5) is 23.6. The van der Waals surface area contributed by atoms with Gasteiger partial charge in [0.2, 0.25) is 0 Å². The molecule has 22 heavy (non-hydrogen) atoms. The SMILES string of the molecule is O=C(NNC(=O)c1cc(F)c(F)cc1Cl)c1cccc(Cl)c1.